The smallest absolute Gasteiger partial charge is 0.305 e. The number of benzene rings is 2. The Morgan fingerprint density at radius 3 is 2.57 bits per heavy atom. The van der Waals surface area contributed by atoms with Crippen molar-refractivity contribution in [1.82, 2.24) is 5.32 Å². The predicted molar refractivity (Wildman–Crippen MR) is 80.7 cm³/mol. The van der Waals surface area contributed by atoms with Gasteiger partial charge < -0.3 is 16.2 Å². The summed E-state index contributed by atoms with van der Waals surface area (Å²) in [5.41, 5.74) is 6.54. The number of hydrogen-bond donors (Lipinski definition) is 3. The lowest BCUT2D eigenvalue weighted by molar-refractivity contribution is -0.139. The monoisotopic (exact) mass is 286 g/mol. The molecule has 0 heterocycles. The van der Waals surface area contributed by atoms with E-state index in [4.69, 9.17) is 10.8 Å². The lowest BCUT2D eigenvalue weighted by Gasteiger charge is -2.18. The molecule has 2 aromatic carbocycles. The van der Waals surface area contributed by atoms with Crippen molar-refractivity contribution in [2.75, 3.05) is 0 Å². The van der Waals surface area contributed by atoms with E-state index in [1.165, 1.54) is 0 Å². The van der Waals surface area contributed by atoms with E-state index in [2.05, 4.69) is 5.32 Å². The molecule has 0 radical (unpaired) electrons. The zero-order valence-electron chi connectivity index (χ0n) is 11.7. The van der Waals surface area contributed by atoms with E-state index < -0.39 is 17.9 Å². The molecule has 0 aliphatic rings. The van der Waals surface area contributed by atoms with Crippen LogP contribution in [0.3, 0.4) is 0 Å². The van der Waals surface area contributed by atoms with E-state index in [1.807, 2.05) is 49.4 Å². The van der Waals surface area contributed by atoms with Crippen molar-refractivity contribution in [3.8, 4) is 0 Å². The highest BCUT2D eigenvalue weighted by Gasteiger charge is 2.19. The van der Waals surface area contributed by atoms with Crippen LogP contribution in [-0.2, 0) is 9.59 Å². The summed E-state index contributed by atoms with van der Waals surface area (Å²) in [4.78, 5) is 22.5. The fraction of sp³-hybridized carbons (Fsp3) is 0.250. The van der Waals surface area contributed by atoms with Gasteiger partial charge in [0.1, 0.15) is 0 Å². The average Bonchev–Trinajstić information content (AvgIpc) is 2.45. The summed E-state index contributed by atoms with van der Waals surface area (Å²) in [5, 5.41) is 13.6. The fourth-order valence-electron chi connectivity index (χ4n) is 2.31. The van der Waals surface area contributed by atoms with E-state index in [-0.39, 0.29) is 12.5 Å². The molecule has 0 saturated heterocycles. The lowest BCUT2D eigenvalue weighted by atomic mass is 9.99. The molecule has 0 unspecified atom stereocenters. The molecule has 5 heteroatoms. The number of carbonyl (C=O) groups excluding carboxylic acids is 1. The summed E-state index contributed by atoms with van der Waals surface area (Å²) in [7, 11) is 0. The Morgan fingerprint density at radius 2 is 1.86 bits per heavy atom. The maximum absolute atomic E-state index is 11.9. The molecule has 0 aromatic heterocycles. The molecule has 5 nitrogen and oxygen atoms in total. The lowest BCUT2D eigenvalue weighted by Crippen LogP contribution is -2.42. The minimum atomic E-state index is -1.09. The zero-order valence-corrected chi connectivity index (χ0v) is 11.7. The molecule has 2 aromatic rings. The number of nitrogens with two attached hydrogens (primary N) is 1. The molecule has 0 fully saturated rings. The Balaban J connectivity index is 2.17. The molecule has 0 saturated carbocycles. The van der Waals surface area contributed by atoms with Gasteiger partial charge in [0.05, 0.1) is 18.5 Å². The topological polar surface area (TPSA) is 92.4 Å². The quantitative estimate of drug-likeness (QED) is 0.781. The normalized spacial score (nSPS) is 13.6. The van der Waals surface area contributed by atoms with Crippen LogP contribution >= 0.6 is 0 Å². The van der Waals surface area contributed by atoms with Crippen molar-refractivity contribution in [3.05, 3.63) is 48.0 Å². The van der Waals surface area contributed by atoms with E-state index in [0.717, 1.165) is 16.3 Å². The third-order valence-corrected chi connectivity index (χ3v) is 3.38. The number of rotatable bonds is 5. The summed E-state index contributed by atoms with van der Waals surface area (Å²) < 4.78 is 0. The maximum Gasteiger partial charge on any atom is 0.305 e. The van der Waals surface area contributed by atoms with Crippen LogP contribution in [0.2, 0.25) is 0 Å². The second-order valence-electron chi connectivity index (χ2n) is 5.00. The largest absolute Gasteiger partial charge is 0.481 e. The highest BCUT2D eigenvalue weighted by Crippen LogP contribution is 2.24. The number of carboxylic acids is 1. The van der Waals surface area contributed by atoms with E-state index in [0.29, 0.717) is 0 Å². The Kier molecular flexibility index (Phi) is 4.55. The van der Waals surface area contributed by atoms with Gasteiger partial charge in [-0.05, 0) is 23.3 Å². The van der Waals surface area contributed by atoms with E-state index in [9.17, 15) is 9.59 Å². The molecule has 1 amide bonds. The number of carbonyl (C=O) groups is 2. The minimum absolute atomic E-state index is 0.247. The van der Waals surface area contributed by atoms with Crippen molar-refractivity contribution >= 4 is 22.6 Å². The first-order chi connectivity index (χ1) is 9.99. The molecule has 21 heavy (non-hydrogen) atoms. The van der Waals surface area contributed by atoms with Crippen molar-refractivity contribution in [1.29, 1.82) is 0 Å². The van der Waals surface area contributed by atoms with Crippen LogP contribution in [0.25, 0.3) is 10.8 Å². The van der Waals surface area contributed by atoms with Crippen LogP contribution in [0.4, 0.5) is 0 Å². The first kappa shape index (κ1) is 15.0. The van der Waals surface area contributed by atoms with Crippen molar-refractivity contribution < 1.29 is 14.7 Å². The molecule has 0 spiro atoms. The van der Waals surface area contributed by atoms with E-state index >= 15 is 0 Å². The molecule has 110 valence electrons. The van der Waals surface area contributed by atoms with E-state index in [1.54, 1.807) is 0 Å². The Morgan fingerprint density at radius 1 is 1.19 bits per heavy atom. The number of amides is 1. The second kappa shape index (κ2) is 6.37. The third-order valence-electron chi connectivity index (χ3n) is 3.38. The first-order valence-corrected chi connectivity index (χ1v) is 6.74. The number of fused-ring (bicyclic) bond motifs is 1. The van der Waals surface area contributed by atoms with Gasteiger partial charge in [-0.2, -0.15) is 0 Å². The maximum atomic E-state index is 11.9. The van der Waals surface area contributed by atoms with Gasteiger partial charge in [-0.15, -0.1) is 0 Å². The van der Waals surface area contributed by atoms with Crippen LogP contribution in [0.15, 0.2) is 42.5 Å². The predicted octanol–water partition coefficient (Wildman–Crippen LogP) is 1.82. The summed E-state index contributed by atoms with van der Waals surface area (Å²) in [6.07, 6.45) is -0.381. The van der Waals surface area contributed by atoms with Gasteiger partial charge in [-0.1, -0.05) is 42.5 Å². The summed E-state index contributed by atoms with van der Waals surface area (Å²) in [6, 6.07) is 12.5. The zero-order chi connectivity index (χ0) is 15.4. The third kappa shape index (κ3) is 3.58. The Bertz CT molecular complexity index is 664. The summed E-state index contributed by atoms with van der Waals surface area (Å²) >= 11 is 0. The summed E-state index contributed by atoms with van der Waals surface area (Å²) in [6.45, 7) is 1.85. The molecule has 4 N–H and O–H groups in total. The average molecular weight is 286 g/mol. The van der Waals surface area contributed by atoms with Gasteiger partial charge in [0.2, 0.25) is 5.91 Å². The van der Waals surface area contributed by atoms with Gasteiger partial charge in [0.15, 0.2) is 0 Å². The molecule has 2 rings (SSSR count). The van der Waals surface area contributed by atoms with Gasteiger partial charge in [-0.25, -0.2) is 0 Å². The number of hydrogen-bond acceptors (Lipinski definition) is 3. The molecular weight excluding hydrogens is 268 g/mol. The SMILES string of the molecule is C[C@@H](NC(=O)[C@@H](N)CC(=O)O)c1cccc2ccccc12. The highest BCUT2D eigenvalue weighted by atomic mass is 16.4. The minimum Gasteiger partial charge on any atom is -0.481 e. The number of nitrogens with one attached hydrogen (secondary N) is 1. The van der Waals surface area contributed by atoms with Crippen LogP contribution in [0.1, 0.15) is 24.9 Å². The molecule has 0 aliphatic heterocycles. The molecule has 0 aliphatic carbocycles. The van der Waals surface area contributed by atoms with Crippen molar-refractivity contribution in [2.24, 2.45) is 5.73 Å². The van der Waals surface area contributed by atoms with Gasteiger partial charge in [0.25, 0.3) is 0 Å². The Hall–Kier alpha value is -2.40. The van der Waals surface area contributed by atoms with Crippen LogP contribution in [0, 0.1) is 0 Å². The van der Waals surface area contributed by atoms with Crippen LogP contribution < -0.4 is 11.1 Å². The molecule has 0 bridgehead atoms. The second-order valence-corrected chi connectivity index (χ2v) is 5.00. The Labute approximate surface area is 122 Å². The highest BCUT2D eigenvalue weighted by molar-refractivity contribution is 5.88. The number of aliphatic carboxylic acids is 1. The fourth-order valence-corrected chi connectivity index (χ4v) is 2.31. The van der Waals surface area contributed by atoms with Gasteiger partial charge in [0, 0.05) is 0 Å². The standard InChI is InChI=1S/C16H18N2O3/c1-10(18-16(21)14(17)9-15(19)20)12-8-4-6-11-5-2-3-7-13(11)12/h2-8,10,14H,9,17H2,1H3,(H,18,21)(H,19,20)/t10-,14+/m1/s1. The van der Waals surface area contributed by atoms with Gasteiger partial charge >= 0.3 is 5.97 Å². The first-order valence-electron chi connectivity index (χ1n) is 6.74. The van der Waals surface area contributed by atoms with Crippen molar-refractivity contribution in [3.63, 3.8) is 0 Å². The number of carboxylic acid groups (broad SMARTS) is 1. The van der Waals surface area contributed by atoms with Gasteiger partial charge in [-0.3, -0.25) is 9.59 Å². The molecular formula is C16H18N2O3. The van der Waals surface area contributed by atoms with Crippen LogP contribution in [-0.4, -0.2) is 23.0 Å². The molecule has 2 atom stereocenters. The van der Waals surface area contributed by atoms with Crippen molar-refractivity contribution in [2.45, 2.75) is 25.4 Å². The van der Waals surface area contributed by atoms with Crippen LogP contribution in [0.5, 0.6) is 0 Å². The summed E-state index contributed by atoms with van der Waals surface area (Å²) in [5.74, 6) is -1.55.